The summed E-state index contributed by atoms with van der Waals surface area (Å²) in [6.45, 7) is 4.64. The first-order valence-electron chi connectivity index (χ1n) is 3.06. The van der Waals surface area contributed by atoms with Gasteiger partial charge in [-0.3, -0.25) is 0 Å². The van der Waals surface area contributed by atoms with Gasteiger partial charge in [-0.15, -0.1) is 0 Å². The third-order valence-corrected chi connectivity index (χ3v) is 1.11. The van der Waals surface area contributed by atoms with Crippen molar-refractivity contribution in [1.82, 2.24) is 0 Å². The van der Waals surface area contributed by atoms with Gasteiger partial charge in [0.05, 0.1) is 11.1 Å². The van der Waals surface area contributed by atoms with Crippen molar-refractivity contribution in [2.75, 3.05) is 6.61 Å². The van der Waals surface area contributed by atoms with Crippen LogP contribution in [0.4, 0.5) is 0 Å². The van der Waals surface area contributed by atoms with Crippen LogP contribution in [-0.2, 0) is 4.74 Å². The van der Waals surface area contributed by atoms with Crippen LogP contribution in [0.25, 0.3) is 0 Å². The Morgan fingerprint density at radius 3 is 2.67 bits per heavy atom. The topological polar surface area (TPSA) is 35.2 Å². The van der Waals surface area contributed by atoms with Crippen LogP contribution in [-0.4, -0.2) is 17.7 Å². The lowest BCUT2D eigenvalue weighted by Gasteiger charge is -2.08. The molecule has 0 saturated heterocycles. The lowest BCUT2D eigenvalue weighted by atomic mass is 10.3. The number of nitrogens with two attached hydrogens (primary N) is 1. The summed E-state index contributed by atoms with van der Waals surface area (Å²) in [6.07, 6.45) is 0.857. The highest BCUT2D eigenvalue weighted by molar-refractivity contribution is 7.80. The molecule has 2 nitrogen and oxygen atoms in total. The van der Waals surface area contributed by atoms with Crippen molar-refractivity contribution in [2.45, 2.75) is 26.4 Å². The Morgan fingerprint density at radius 2 is 2.33 bits per heavy atom. The van der Waals surface area contributed by atoms with Crippen LogP contribution in [0, 0.1) is 0 Å². The molecule has 0 fully saturated rings. The van der Waals surface area contributed by atoms with Gasteiger partial charge in [-0.1, -0.05) is 12.2 Å². The Bertz CT molecular complexity index is 95.1. The van der Waals surface area contributed by atoms with E-state index in [2.05, 4.69) is 12.2 Å². The summed E-state index contributed by atoms with van der Waals surface area (Å²) in [7, 11) is 0. The number of thiocarbonyl (C=S) groups is 1. The lowest BCUT2D eigenvalue weighted by molar-refractivity contribution is 0.0819. The fourth-order valence-corrected chi connectivity index (χ4v) is 0.861. The maximum absolute atomic E-state index is 5.28. The summed E-state index contributed by atoms with van der Waals surface area (Å²) in [5.74, 6) is 0. The molecule has 0 radical (unpaired) electrons. The van der Waals surface area contributed by atoms with Crippen LogP contribution in [0.1, 0.15) is 20.3 Å². The highest BCUT2D eigenvalue weighted by Crippen LogP contribution is 1.95. The number of hydrogen-bond donors (Lipinski definition) is 1. The van der Waals surface area contributed by atoms with Crippen LogP contribution in [0.15, 0.2) is 0 Å². The molecule has 3 heteroatoms. The predicted molar refractivity (Wildman–Crippen MR) is 42.5 cm³/mol. The molecule has 1 atom stereocenters. The second kappa shape index (κ2) is 4.70. The van der Waals surface area contributed by atoms with E-state index < -0.39 is 0 Å². The van der Waals surface area contributed by atoms with E-state index in [1.165, 1.54) is 0 Å². The minimum Gasteiger partial charge on any atom is -0.393 e. The fourth-order valence-electron chi connectivity index (χ4n) is 0.627. The SMILES string of the molecule is CCOC(C)CC(N)=S. The zero-order valence-corrected chi connectivity index (χ0v) is 6.70. The van der Waals surface area contributed by atoms with Crippen molar-refractivity contribution in [3.8, 4) is 0 Å². The molecule has 9 heavy (non-hydrogen) atoms. The molecule has 0 aliphatic carbocycles. The van der Waals surface area contributed by atoms with Gasteiger partial charge in [0.15, 0.2) is 0 Å². The molecule has 0 aromatic heterocycles. The van der Waals surface area contributed by atoms with Crippen molar-refractivity contribution in [3.63, 3.8) is 0 Å². The normalized spacial score (nSPS) is 13.1. The van der Waals surface area contributed by atoms with Crippen LogP contribution < -0.4 is 5.73 Å². The number of ether oxygens (including phenoxy) is 1. The van der Waals surface area contributed by atoms with E-state index in [0.29, 0.717) is 11.4 Å². The van der Waals surface area contributed by atoms with Crippen LogP contribution >= 0.6 is 12.2 Å². The van der Waals surface area contributed by atoms with Gasteiger partial charge in [-0.05, 0) is 13.8 Å². The van der Waals surface area contributed by atoms with Crippen molar-refractivity contribution in [3.05, 3.63) is 0 Å². The molecule has 0 saturated carbocycles. The molecular weight excluding hydrogens is 134 g/mol. The van der Waals surface area contributed by atoms with Crippen molar-refractivity contribution in [1.29, 1.82) is 0 Å². The van der Waals surface area contributed by atoms with Gasteiger partial charge in [0.25, 0.3) is 0 Å². The maximum Gasteiger partial charge on any atom is 0.0753 e. The fraction of sp³-hybridized carbons (Fsp3) is 0.833. The minimum absolute atomic E-state index is 0.174. The first-order chi connectivity index (χ1) is 4.16. The van der Waals surface area contributed by atoms with Gasteiger partial charge in [0.1, 0.15) is 0 Å². The Kier molecular flexibility index (Phi) is 4.62. The minimum atomic E-state index is 0.174. The number of hydrogen-bond acceptors (Lipinski definition) is 2. The molecule has 0 aromatic carbocycles. The maximum atomic E-state index is 5.28. The van der Waals surface area contributed by atoms with Gasteiger partial charge in [0, 0.05) is 13.0 Å². The highest BCUT2D eigenvalue weighted by atomic mass is 32.1. The molecule has 1 unspecified atom stereocenters. The molecule has 0 spiro atoms. The molecule has 0 aromatic rings. The van der Waals surface area contributed by atoms with Gasteiger partial charge in [-0.2, -0.15) is 0 Å². The monoisotopic (exact) mass is 147 g/mol. The molecular formula is C6H13NOS. The summed E-state index contributed by atoms with van der Waals surface area (Å²) >= 11 is 4.68. The third kappa shape index (κ3) is 5.73. The van der Waals surface area contributed by atoms with Gasteiger partial charge in [-0.25, -0.2) is 0 Å². The van der Waals surface area contributed by atoms with E-state index in [4.69, 9.17) is 10.5 Å². The number of rotatable bonds is 4. The van der Waals surface area contributed by atoms with Crippen molar-refractivity contribution < 1.29 is 4.74 Å². The second-order valence-electron chi connectivity index (χ2n) is 1.94. The second-order valence-corrected chi connectivity index (χ2v) is 2.46. The smallest absolute Gasteiger partial charge is 0.0753 e. The Morgan fingerprint density at radius 1 is 1.78 bits per heavy atom. The summed E-state index contributed by atoms with van der Waals surface area (Å²) in [5, 5.41) is 0. The Balaban J connectivity index is 3.26. The summed E-state index contributed by atoms with van der Waals surface area (Å²) < 4.78 is 5.19. The van der Waals surface area contributed by atoms with Gasteiger partial charge < -0.3 is 10.5 Å². The summed E-state index contributed by atoms with van der Waals surface area (Å²) in [4.78, 5) is 0.524. The van der Waals surface area contributed by atoms with E-state index in [-0.39, 0.29) is 6.10 Å². The molecule has 0 rings (SSSR count). The first kappa shape index (κ1) is 8.85. The predicted octanol–water partition coefficient (Wildman–Crippen LogP) is 1.09. The lowest BCUT2D eigenvalue weighted by Crippen LogP contribution is -2.18. The molecule has 54 valence electrons. The van der Waals surface area contributed by atoms with E-state index in [1.807, 2.05) is 13.8 Å². The average molecular weight is 147 g/mol. The van der Waals surface area contributed by atoms with Gasteiger partial charge in [0.2, 0.25) is 0 Å². The quantitative estimate of drug-likeness (QED) is 0.604. The van der Waals surface area contributed by atoms with E-state index in [9.17, 15) is 0 Å². The summed E-state index contributed by atoms with van der Waals surface area (Å²) in [6, 6.07) is 0. The largest absolute Gasteiger partial charge is 0.393 e. The molecule has 0 aliphatic heterocycles. The van der Waals surface area contributed by atoms with Crippen LogP contribution in [0.2, 0.25) is 0 Å². The van der Waals surface area contributed by atoms with Crippen molar-refractivity contribution in [2.24, 2.45) is 5.73 Å². The average Bonchev–Trinajstić information content (AvgIpc) is 1.63. The van der Waals surface area contributed by atoms with E-state index >= 15 is 0 Å². The standard InChI is InChI=1S/C6H13NOS/c1-3-8-5(2)4-6(7)9/h5H,3-4H2,1-2H3,(H2,7,9). The van der Waals surface area contributed by atoms with Crippen LogP contribution in [0.5, 0.6) is 0 Å². The van der Waals surface area contributed by atoms with E-state index in [0.717, 1.165) is 6.61 Å². The zero-order valence-electron chi connectivity index (χ0n) is 5.89. The Hall–Kier alpha value is -0.150. The first-order valence-corrected chi connectivity index (χ1v) is 3.47. The van der Waals surface area contributed by atoms with Crippen molar-refractivity contribution >= 4 is 17.2 Å². The molecule has 0 amide bonds. The third-order valence-electron chi connectivity index (χ3n) is 0.940. The Labute approximate surface area is 61.4 Å². The highest BCUT2D eigenvalue weighted by Gasteiger charge is 2.00. The molecule has 0 heterocycles. The van der Waals surface area contributed by atoms with Crippen LogP contribution in [0.3, 0.4) is 0 Å². The van der Waals surface area contributed by atoms with Gasteiger partial charge >= 0.3 is 0 Å². The zero-order chi connectivity index (χ0) is 7.28. The molecule has 0 bridgehead atoms. The van der Waals surface area contributed by atoms with E-state index in [1.54, 1.807) is 0 Å². The summed E-state index contributed by atoms with van der Waals surface area (Å²) in [5.41, 5.74) is 5.28. The molecule has 2 N–H and O–H groups in total. The molecule has 0 aliphatic rings.